The summed E-state index contributed by atoms with van der Waals surface area (Å²) in [6.45, 7) is 1.93. The summed E-state index contributed by atoms with van der Waals surface area (Å²) in [5.74, 6) is -0.0450. The van der Waals surface area contributed by atoms with Crippen molar-refractivity contribution in [1.82, 2.24) is 10.2 Å². The highest BCUT2D eigenvalue weighted by atomic mass is 16.2. The Balaban J connectivity index is 1.94. The van der Waals surface area contributed by atoms with Crippen molar-refractivity contribution in [2.24, 2.45) is 10.9 Å². The monoisotopic (exact) mass is 260 g/mol. The highest BCUT2D eigenvalue weighted by Gasteiger charge is 2.48. The van der Waals surface area contributed by atoms with Crippen LogP contribution in [0.1, 0.15) is 44.9 Å². The van der Waals surface area contributed by atoms with Gasteiger partial charge in [0.25, 0.3) is 0 Å². The molecule has 5 nitrogen and oxygen atoms in total. The van der Waals surface area contributed by atoms with Gasteiger partial charge in [0, 0.05) is 13.1 Å². The summed E-state index contributed by atoms with van der Waals surface area (Å²) < 4.78 is 0. The number of amides is 1. The Morgan fingerprint density at radius 2 is 1.89 bits per heavy atom. The first kappa shape index (κ1) is 12.5. The Morgan fingerprint density at radius 1 is 1.21 bits per heavy atom. The maximum absolute atomic E-state index is 12.2. The average molecular weight is 260 g/mol. The van der Waals surface area contributed by atoms with Crippen molar-refractivity contribution in [1.29, 1.82) is 5.26 Å². The van der Waals surface area contributed by atoms with E-state index in [4.69, 9.17) is 4.99 Å². The van der Waals surface area contributed by atoms with E-state index < -0.39 is 11.5 Å². The number of hydrogen-bond acceptors (Lipinski definition) is 4. The molecule has 1 spiro atoms. The van der Waals surface area contributed by atoms with Gasteiger partial charge in [-0.3, -0.25) is 10.1 Å². The lowest BCUT2D eigenvalue weighted by Gasteiger charge is -2.41. The van der Waals surface area contributed by atoms with E-state index in [9.17, 15) is 10.1 Å². The fourth-order valence-corrected chi connectivity index (χ4v) is 3.55. The van der Waals surface area contributed by atoms with E-state index in [0.717, 1.165) is 57.6 Å². The van der Waals surface area contributed by atoms with Crippen LogP contribution >= 0.6 is 0 Å². The standard InChI is InChI=1S/C14H20N4O/c15-10-11-12(19)16-13(18-8-4-5-9-18)17-14(11)6-2-1-3-7-14/h11H,1-9H2,(H,16,17,19). The summed E-state index contributed by atoms with van der Waals surface area (Å²) in [4.78, 5) is 19.2. The normalized spacial score (nSPS) is 29.8. The molecule has 1 amide bonds. The first-order valence-corrected chi connectivity index (χ1v) is 7.30. The van der Waals surface area contributed by atoms with Crippen LogP contribution in [-0.2, 0) is 4.79 Å². The second-order valence-corrected chi connectivity index (χ2v) is 5.85. The predicted molar refractivity (Wildman–Crippen MR) is 71.3 cm³/mol. The van der Waals surface area contributed by atoms with Gasteiger partial charge in [-0.05, 0) is 25.7 Å². The zero-order valence-corrected chi connectivity index (χ0v) is 11.2. The van der Waals surface area contributed by atoms with Crippen LogP contribution in [0, 0.1) is 17.2 Å². The molecule has 0 aromatic heterocycles. The van der Waals surface area contributed by atoms with Gasteiger partial charge in [0.05, 0.1) is 11.6 Å². The third-order valence-electron chi connectivity index (χ3n) is 4.62. The SMILES string of the molecule is N#CC1C(=O)NC(N2CCCC2)=NC12CCCCC2. The predicted octanol–water partition coefficient (Wildman–Crippen LogP) is 1.41. The van der Waals surface area contributed by atoms with Gasteiger partial charge in [0.2, 0.25) is 11.9 Å². The number of carbonyl (C=O) groups excluding carboxylic acids is 1. The lowest BCUT2D eigenvalue weighted by Crippen LogP contribution is -2.57. The fraction of sp³-hybridized carbons (Fsp3) is 0.786. The molecule has 3 rings (SSSR count). The summed E-state index contributed by atoms with van der Waals surface area (Å²) in [5.41, 5.74) is -0.451. The zero-order chi connectivity index (χ0) is 13.3. The molecule has 0 aromatic carbocycles. The molecule has 1 saturated carbocycles. The van der Waals surface area contributed by atoms with Gasteiger partial charge < -0.3 is 4.90 Å². The molecule has 2 heterocycles. The number of hydrogen-bond donors (Lipinski definition) is 1. The van der Waals surface area contributed by atoms with E-state index in [2.05, 4.69) is 16.3 Å². The van der Waals surface area contributed by atoms with Crippen molar-refractivity contribution in [3.63, 3.8) is 0 Å². The van der Waals surface area contributed by atoms with E-state index in [1.165, 1.54) is 6.42 Å². The molecule has 102 valence electrons. The topological polar surface area (TPSA) is 68.5 Å². The number of nitrogens with zero attached hydrogens (tertiary/aromatic N) is 3. The maximum Gasteiger partial charge on any atom is 0.246 e. The first-order valence-electron chi connectivity index (χ1n) is 7.30. The number of likely N-dealkylation sites (tertiary alicyclic amines) is 1. The smallest absolute Gasteiger partial charge is 0.246 e. The highest BCUT2D eigenvalue weighted by molar-refractivity contribution is 6.02. The molecule has 1 N–H and O–H groups in total. The van der Waals surface area contributed by atoms with Crippen molar-refractivity contribution in [2.75, 3.05) is 13.1 Å². The molecule has 0 aromatic rings. The second kappa shape index (κ2) is 4.84. The van der Waals surface area contributed by atoms with Crippen molar-refractivity contribution < 1.29 is 4.79 Å². The summed E-state index contributed by atoms with van der Waals surface area (Å²) in [7, 11) is 0. The Morgan fingerprint density at radius 3 is 2.53 bits per heavy atom. The third kappa shape index (κ3) is 2.09. The molecule has 19 heavy (non-hydrogen) atoms. The highest BCUT2D eigenvalue weighted by Crippen LogP contribution is 2.40. The van der Waals surface area contributed by atoms with Gasteiger partial charge in [-0.2, -0.15) is 5.26 Å². The third-order valence-corrected chi connectivity index (χ3v) is 4.62. The number of guanidine groups is 1. The Bertz CT molecular complexity index is 439. The molecule has 2 fully saturated rings. The van der Waals surface area contributed by atoms with E-state index in [1.54, 1.807) is 0 Å². The van der Waals surface area contributed by atoms with E-state index in [0.29, 0.717) is 0 Å². The van der Waals surface area contributed by atoms with Crippen LogP contribution < -0.4 is 5.32 Å². The van der Waals surface area contributed by atoms with Crippen molar-refractivity contribution >= 4 is 11.9 Å². The van der Waals surface area contributed by atoms with Crippen LogP contribution in [0.15, 0.2) is 4.99 Å². The minimum Gasteiger partial charge on any atom is -0.343 e. The Kier molecular flexibility index (Phi) is 3.17. The number of aliphatic imine (C=N–C) groups is 1. The number of carbonyl (C=O) groups is 1. The first-order chi connectivity index (χ1) is 9.25. The Hall–Kier alpha value is -1.57. The van der Waals surface area contributed by atoms with Gasteiger partial charge in [0.1, 0.15) is 0 Å². The zero-order valence-electron chi connectivity index (χ0n) is 11.2. The van der Waals surface area contributed by atoms with Gasteiger partial charge in [-0.1, -0.05) is 19.3 Å². The maximum atomic E-state index is 12.2. The fourth-order valence-electron chi connectivity index (χ4n) is 3.55. The molecule has 0 radical (unpaired) electrons. The van der Waals surface area contributed by atoms with E-state index >= 15 is 0 Å². The Labute approximate surface area is 113 Å². The molecular weight excluding hydrogens is 240 g/mol. The van der Waals surface area contributed by atoms with Crippen molar-refractivity contribution in [2.45, 2.75) is 50.5 Å². The minimum absolute atomic E-state index is 0.152. The molecule has 0 bridgehead atoms. The molecule has 1 saturated heterocycles. The van der Waals surface area contributed by atoms with Gasteiger partial charge in [-0.15, -0.1) is 0 Å². The summed E-state index contributed by atoms with van der Waals surface area (Å²) in [6, 6.07) is 2.19. The lowest BCUT2D eigenvalue weighted by molar-refractivity contribution is -0.125. The second-order valence-electron chi connectivity index (χ2n) is 5.85. The van der Waals surface area contributed by atoms with Gasteiger partial charge >= 0.3 is 0 Å². The van der Waals surface area contributed by atoms with Gasteiger partial charge in [0.15, 0.2) is 5.92 Å². The summed E-state index contributed by atoms with van der Waals surface area (Å²) in [6.07, 6.45) is 7.39. The van der Waals surface area contributed by atoms with Crippen LogP contribution in [0.2, 0.25) is 0 Å². The molecule has 1 aliphatic carbocycles. The lowest BCUT2D eigenvalue weighted by atomic mass is 9.72. The molecular formula is C14H20N4O. The van der Waals surface area contributed by atoms with Crippen LogP contribution in [0.25, 0.3) is 0 Å². The largest absolute Gasteiger partial charge is 0.343 e. The summed E-state index contributed by atoms with van der Waals surface area (Å²) >= 11 is 0. The van der Waals surface area contributed by atoms with Crippen LogP contribution in [0.3, 0.4) is 0 Å². The molecule has 1 atom stereocenters. The molecule has 3 aliphatic rings. The van der Waals surface area contributed by atoms with Crippen LogP contribution in [0.4, 0.5) is 0 Å². The number of nitriles is 1. The molecule has 2 aliphatic heterocycles. The average Bonchev–Trinajstić information content (AvgIpc) is 2.93. The van der Waals surface area contributed by atoms with Crippen LogP contribution in [-0.4, -0.2) is 35.4 Å². The number of nitrogens with one attached hydrogen (secondary N) is 1. The van der Waals surface area contributed by atoms with Crippen molar-refractivity contribution in [3.8, 4) is 6.07 Å². The van der Waals surface area contributed by atoms with Crippen LogP contribution in [0.5, 0.6) is 0 Å². The summed E-state index contributed by atoms with van der Waals surface area (Å²) in [5, 5.41) is 12.2. The number of rotatable bonds is 0. The van der Waals surface area contributed by atoms with Gasteiger partial charge in [-0.25, -0.2) is 4.99 Å². The molecule has 1 unspecified atom stereocenters. The quantitative estimate of drug-likeness (QED) is 0.716. The minimum atomic E-state index is -0.612. The van der Waals surface area contributed by atoms with E-state index in [-0.39, 0.29) is 5.91 Å². The molecule has 5 heteroatoms. The van der Waals surface area contributed by atoms with E-state index in [1.807, 2.05) is 0 Å². The van der Waals surface area contributed by atoms with Crippen molar-refractivity contribution in [3.05, 3.63) is 0 Å².